The van der Waals surface area contributed by atoms with E-state index in [0.29, 0.717) is 5.56 Å². The molecule has 6 nitrogen and oxygen atoms in total. The van der Waals surface area contributed by atoms with E-state index in [2.05, 4.69) is 20.9 Å². The number of nitrogens with one attached hydrogen (secondary N) is 1. The fourth-order valence-corrected chi connectivity index (χ4v) is 3.53. The Morgan fingerprint density at radius 3 is 2.81 bits per heavy atom. The summed E-state index contributed by atoms with van der Waals surface area (Å²) in [6, 6.07) is 14.0. The number of hydrogen-bond donors (Lipinski definition) is 1. The minimum atomic E-state index is -0.0594. The number of ether oxygens (including phenoxy) is 1. The van der Waals surface area contributed by atoms with Crippen LogP contribution in [0.4, 0.5) is 5.69 Å². The number of aromatic nitrogens is 2. The maximum Gasteiger partial charge on any atom is 0.251 e. The molecule has 140 valence electrons. The minimum Gasteiger partial charge on any atom is -0.497 e. The monoisotopic (exact) mass is 364 g/mol. The van der Waals surface area contributed by atoms with Gasteiger partial charge in [0.2, 0.25) is 0 Å². The highest BCUT2D eigenvalue weighted by Gasteiger charge is 2.21. The first-order chi connectivity index (χ1) is 13.0. The van der Waals surface area contributed by atoms with E-state index in [9.17, 15) is 4.79 Å². The van der Waals surface area contributed by atoms with Crippen molar-refractivity contribution in [1.29, 1.82) is 0 Å². The molecule has 1 aliphatic heterocycles. The van der Waals surface area contributed by atoms with Crippen LogP contribution in [0.5, 0.6) is 5.75 Å². The molecule has 1 aromatic heterocycles. The second kappa shape index (κ2) is 6.95. The molecule has 2 aromatic carbocycles. The average Bonchev–Trinajstić information content (AvgIpc) is 3.04. The number of rotatable bonds is 4. The molecule has 4 rings (SSSR count). The highest BCUT2D eigenvalue weighted by Crippen LogP contribution is 2.27. The van der Waals surface area contributed by atoms with Crippen LogP contribution in [0.15, 0.2) is 42.5 Å². The van der Waals surface area contributed by atoms with Gasteiger partial charge in [-0.15, -0.1) is 0 Å². The average molecular weight is 364 g/mol. The number of hydrogen-bond acceptors (Lipinski definition) is 4. The van der Waals surface area contributed by atoms with Crippen molar-refractivity contribution in [3.63, 3.8) is 0 Å². The fraction of sp³-hybridized carbons (Fsp3) is 0.333. The highest BCUT2D eigenvalue weighted by molar-refractivity contribution is 5.97. The Labute approximate surface area is 158 Å². The van der Waals surface area contributed by atoms with E-state index >= 15 is 0 Å². The van der Waals surface area contributed by atoms with Crippen LogP contribution in [-0.4, -0.2) is 35.2 Å². The molecule has 0 atom stereocenters. The third kappa shape index (κ3) is 3.35. The van der Waals surface area contributed by atoms with Crippen LogP contribution < -0.4 is 15.0 Å². The molecule has 2 heterocycles. The van der Waals surface area contributed by atoms with Gasteiger partial charge in [0.05, 0.1) is 24.7 Å². The van der Waals surface area contributed by atoms with Crippen LogP contribution in [0.25, 0.3) is 11.0 Å². The Morgan fingerprint density at radius 1 is 1.19 bits per heavy atom. The number of methoxy groups -OCH3 is 1. The van der Waals surface area contributed by atoms with E-state index in [4.69, 9.17) is 9.72 Å². The number of benzene rings is 2. The minimum absolute atomic E-state index is 0.0594. The molecule has 3 aromatic rings. The second-order valence-electron chi connectivity index (χ2n) is 7.13. The zero-order chi connectivity index (χ0) is 19.0. The first-order valence-electron chi connectivity index (χ1n) is 9.24. The zero-order valence-electron chi connectivity index (χ0n) is 15.9. The van der Waals surface area contributed by atoms with Crippen molar-refractivity contribution < 1.29 is 9.53 Å². The third-order valence-corrected chi connectivity index (χ3v) is 4.85. The first-order valence-corrected chi connectivity index (χ1v) is 9.24. The molecule has 0 aliphatic carbocycles. The number of imidazole rings is 1. The van der Waals surface area contributed by atoms with Crippen molar-refractivity contribution in [1.82, 2.24) is 14.9 Å². The van der Waals surface area contributed by atoms with Gasteiger partial charge in [0.1, 0.15) is 11.6 Å². The number of carbonyl (C=O) groups is 1. The number of anilines is 1. The molecule has 0 saturated carbocycles. The van der Waals surface area contributed by atoms with Gasteiger partial charge in [0.25, 0.3) is 5.91 Å². The number of fused-ring (bicyclic) bond motifs is 3. The highest BCUT2D eigenvalue weighted by atomic mass is 16.5. The molecule has 1 aliphatic rings. The lowest BCUT2D eigenvalue weighted by Gasteiger charge is -2.30. The first kappa shape index (κ1) is 17.4. The molecule has 1 amide bonds. The van der Waals surface area contributed by atoms with Gasteiger partial charge in [-0.05, 0) is 44.2 Å². The molecule has 0 unspecified atom stereocenters. The summed E-state index contributed by atoms with van der Waals surface area (Å²) in [6.45, 7) is 6.41. The van der Waals surface area contributed by atoms with E-state index in [1.165, 1.54) is 0 Å². The van der Waals surface area contributed by atoms with Gasteiger partial charge in [-0.3, -0.25) is 4.79 Å². The predicted octanol–water partition coefficient (Wildman–Crippen LogP) is 3.20. The molecule has 0 bridgehead atoms. The van der Waals surface area contributed by atoms with E-state index in [0.717, 1.165) is 47.9 Å². The second-order valence-corrected chi connectivity index (χ2v) is 7.13. The topological polar surface area (TPSA) is 59.4 Å². The summed E-state index contributed by atoms with van der Waals surface area (Å²) in [5.41, 5.74) is 3.73. The lowest BCUT2D eigenvalue weighted by atomic mass is 10.1. The van der Waals surface area contributed by atoms with Gasteiger partial charge in [0, 0.05) is 36.4 Å². The van der Waals surface area contributed by atoms with Gasteiger partial charge < -0.3 is 19.5 Å². The van der Waals surface area contributed by atoms with Crippen molar-refractivity contribution in [3.8, 4) is 5.75 Å². The van der Waals surface area contributed by atoms with Gasteiger partial charge in [-0.1, -0.05) is 6.07 Å². The van der Waals surface area contributed by atoms with Crippen LogP contribution in [0, 0.1) is 0 Å². The Hall–Kier alpha value is -3.02. The normalized spacial score (nSPS) is 13.7. The molecule has 6 heteroatoms. The molecular weight excluding hydrogens is 340 g/mol. The maximum absolute atomic E-state index is 12.3. The van der Waals surface area contributed by atoms with E-state index in [1.807, 2.05) is 50.2 Å². The lowest BCUT2D eigenvalue weighted by Crippen LogP contribution is -2.33. The lowest BCUT2D eigenvalue weighted by molar-refractivity contribution is 0.0943. The molecule has 0 spiro atoms. The van der Waals surface area contributed by atoms with Crippen molar-refractivity contribution in [3.05, 3.63) is 53.9 Å². The summed E-state index contributed by atoms with van der Waals surface area (Å²) in [6.07, 6.45) is 0. The van der Waals surface area contributed by atoms with Crippen molar-refractivity contribution >= 4 is 22.6 Å². The Balaban J connectivity index is 1.62. The standard InChI is InChI=1S/C21H24N4O2/c1-14(2)22-21(26)15-7-8-19-18(11-15)23-20-13-24(9-10-25(19)20)16-5-4-6-17(12-16)27-3/h4-8,11-12,14H,9-10,13H2,1-3H3,(H,22,26). The Bertz CT molecular complexity index is 993. The predicted molar refractivity (Wildman–Crippen MR) is 106 cm³/mol. The molecule has 27 heavy (non-hydrogen) atoms. The number of carbonyl (C=O) groups excluding carboxylic acids is 1. The van der Waals surface area contributed by atoms with Gasteiger partial charge >= 0.3 is 0 Å². The van der Waals surface area contributed by atoms with Gasteiger partial charge in [0.15, 0.2) is 0 Å². The van der Waals surface area contributed by atoms with Crippen LogP contribution in [0.1, 0.15) is 30.0 Å². The van der Waals surface area contributed by atoms with E-state index < -0.39 is 0 Å². The van der Waals surface area contributed by atoms with Crippen LogP contribution in [0.3, 0.4) is 0 Å². The third-order valence-electron chi connectivity index (χ3n) is 4.85. The zero-order valence-corrected chi connectivity index (χ0v) is 15.9. The summed E-state index contributed by atoms with van der Waals surface area (Å²) in [4.78, 5) is 19.4. The van der Waals surface area contributed by atoms with E-state index in [-0.39, 0.29) is 11.9 Å². The largest absolute Gasteiger partial charge is 0.497 e. The summed E-state index contributed by atoms with van der Waals surface area (Å²) in [5.74, 6) is 1.81. The van der Waals surface area contributed by atoms with Crippen molar-refractivity contribution in [2.24, 2.45) is 0 Å². The quantitative estimate of drug-likeness (QED) is 0.772. The summed E-state index contributed by atoms with van der Waals surface area (Å²) < 4.78 is 7.59. The van der Waals surface area contributed by atoms with Crippen molar-refractivity contribution in [2.75, 3.05) is 18.6 Å². The van der Waals surface area contributed by atoms with Gasteiger partial charge in [-0.25, -0.2) is 4.98 Å². The van der Waals surface area contributed by atoms with Gasteiger partial charge in [-0.2, -0.15) is 0 Å². The van der Waals surface area contributed by atoms with Crippen LogP contribution >= 0.6 is 0 Å². The van der Waals surface area contributed by atoms with Crippen LogP contribution in [-0.2, 0) is 13.1 Å². The molecule has 0 fully saturated rings. The SMILES string of the molecule is COc1cccc(N2CCn3c(nc4cc(C(=O)NC(C)C)ccc43)C2)c1. The molecule has 1 N–H and O–H groups in total. The molecular formula is C21H24N4O2. The Morgan fingerprint density at radius 2 is 2.04 bits per heavy atom. The number of nitrogens with zero attached hydrogens (tertiary/aromatic N) is 3. The molecule has 0 radical (unpaired) electrons. The molecule has 0 saturated heterocycles. The number of amides is 1. The fourth-order valence-electron chi connectivity index (χ4n) is 3.53. The summed E-state index contributed by atoms with van der Waals surface area (Å²) in [7, 11) is 1.68. The smallest absolute Gasteiger partial charge is 0.251 e. The van der Waals surface area contributed by atoms with E-state index in [1.54, 1.807) is 7.11 Å². The maximum atomic E-state index is 12.3. The Kier molecular flexibility index (Phi) is 4.48. The summed E-state index contributed by atoms with van der Waals surface area (Å²) >= 11 is 0. The summed E-state index contributed by atoms with van der Waals surface area (Å²) in [5, 5.41) is 2.93. The van der Waals surface area contributed by atoms with Crippen LogP contribution in [0.2, 0.25) is 0 Å². The van der Waals surface area contributed by atoms with Crippen molar-refractivity contribution in [2.45, 2.75) is 33.0 Å².